The number of unbranched alkanes of at least 4 members (excludes halogenated alkanes) is 9. The Balaban J connectivity index is 2.15. The van der Waals surface area contributed by atoms with Gasteiger partial charge in [-0.3, -0.25) is 13.8 Å². The van der Waals surface area contributed by atoms with Crippen LogP contribution in [0.25, 0.3) is 0 Å². The third-order valence-corrected chi connectivity index (χ3v) is 6.49. The molecule has 0 spiro atoms. The van der Waals surface area contributed by atoms with Gasteiger partial charge in [0.2, 0.25) is 0 Å². The molecule has 0 saturated carbocycles. The molecule has 0 aliphatic carbocycles. The number of hydrogen-bond acceptors (Lipinski definition) is 7. The number of hydrogen-bond donors (Lipinski definition) is 0. The Morgan fingerprint density at radius 2 is 1.50 bits per heavy atom. The van der Waals surface area contributed by atoms with Crippen molar-refractivity contribution < 1.29 is 27.7 Å². The topological polar surface area (TPSA) is 94.9 Å². The van der Waals surface area contributed by atoms with Gasteiger partial charge in [0.15, 0.2) is 0 Å². The number of halogens is 1. The summed E-state index contributed by atoms with van der Waals surface area (Å²) in [4.78, 5) is 11.0. The van der Waals surface area contributed by atoms with Crippen molar-refractivity contribution in [2.24, 2.45) is 0 Å². The molecule has 9 heteroatoms. The lowest BCUT2D eigenvalue weighted by atomic mass is 10.1. The summed E-state index contributed by atoms with van der Waals surface area (Å²) in [5.41, 5.74) is 0. The summed E-state index contributed by atoms with van der Waals surface area (Å²) in [6, 6.07) is 8.60. The standard InChI is InChI=1S/C23H35ClNO6P/c1-28-23(26)17-10-8-6-4-2-3-5-7-9-13-19-29-32(27,30-20-14-18-25)31-22-16-12-11-15-21(22)24/h11-12,15-16H,2-10,13-14,17,19-20H2,1H3. The van der Waals surface area contributed by atoms with Crippen LogP contribution in [0.4, 0.5) is 0 Å². The van der Waals surface area contributed by atoms with Crippen molar-refractivity contribution in [3.05, 3.63) is 29.3 Å². The van der Waals surface area contributed by atoms with Crippen molar-refractivity contribution in [1.29, 1.82) is 5.26 Å². The zero-order valence-electron chi connectivity index (χ0n) is 18.9. The second-order valence-electron chi connectivity index (χ2n) is 7.41. The molecule has 1 atom stereocenters. The molecular weight excluding hydrogens is 453 g/mol. The molecule has 0 fully saturated rings. The summed E-state index contributed by atoms with van der Waals surface area (Å²) in [5, 5.41) is 8.98. The molecule has 180 valence electrons. The van der Waals surface area contributed by atoms with Crippen molar-refractivity contribution in [2.45, 2.75) is 77.0 Å². The molecule has 0 bridgehead atoms. The summed E-state index contributed by atoms with van der Waals surface area (Å²) < 4.78 is 33.7. The van der Waals surface area contributed by atoms with Crippen molar-refractivity contribution in [3.8, 4) is 11.8 Å². The molecule has 0 heterocycles. The lowest BCUT2D eigenvalue weighted by molar-refractivity contribution is -0.140. The van der Waals surface area contributed by atoms with E-state index in [0.29, 0.717) is 11.4 Å². The van der Waals surface area contributed by atoms with E-state index in [0.717, 1.165) is 44.9 Å². The minimum absolute atomic E-state index is 0.0408. The molecule has 1 aromatic carbocycles. The Hall–Kier alpha value is -1.58. The highest BCUT2D eigenvalue weighted by atomic mass is 35.5. The van der Waals surface area contributed by atoms with Gasteiger partial charge in [0, 0.05) is 6.42 Å². The summed E-state index contributed by atoms with van der Waals surface area (Å²) in [5.74, 6) is 0.0919. The maximum Gasteiger partial charge on any atom is 0.530 e. The molecule has 1 aromatic rings. The fourth-order valence-corrected chi connectivity index (χ4v) is 4.47. The quantitative estimate of drug-likeness (QED) is 0.115. The van der Waals surface area contributed by atoms with E-state index in [1.807, 2.05) is 6.07 Å². The van der Waals surface area contributed by atoms with E-state index in [1.54, 1.807) is 24.3 Å². The number of carbonyl (C=O) groups excluding carboxylic acids is 1. The number of nitriles is 1. The average Bonchev–Trinajstić information content (AvgIpc) is 2.78. The number of methoxy groups -OCH3 is 1. The van der Waals surface area contributed by atoms with Crippen molar-refractivity contribution in [1.82, 2.24) is 0 Å². The second-order valence-corrected chi connectivity index (χ2v) is 9.41. The molecular formula is C23H35ClNO6P. The highest BCUT2D eigenvalue weighted by molar-refractivity contribution is 7.48. The lowest BCUT2D eigenvalue weighted by Gasteiger charge is -2.18. The number of para-hydroxylation sites is 1. The molecule has 1 rings (SSSR count). The van der Waals surface area contributed by atoms with Crippen molar-refractivity contribution in [2.75, 3.05) is 20.3 Å². The molecule has 0 amide bonds. The van der Waals surface area contributed by atoms with Crippen LogP contribution < -0.4 is 4.52 Å². The molecule has 0 aliphatic heterocycles. The summed E-state index contributed by atoms with van der Waals surface area (Å²) in [6.45, 7) is 0.204. The number of rotatable bonds is 19. The minimum Gasteiger partial charge on any atom is -0.469 e. The predicted molar refractivity (Wildman–Crippen MR) is 125 cm³/mol. The van der Waals surface area contributed by atoms with Gasteiger partial charge in [0.25, 0.3) is 0 Å². The average molecular weight is 488 g/mol. The Morgan fingerprint density at radius 3 is 2.09 bits per heavy atom. The smallest absolute Gasteiger partial charge is 0.469 e. The monoisotopic (exact) mass is 487 g/mol. The fraction of sp³-hybridized carbons (Fsp3) is 0.652. The Kier molecular flexibility index (Phi) is 15.9. The third-order valence-electron chi connectivity index (χ3n) is 4.76. The van der Waals surface area contributed by atoms with Crippen LogP contribution in [0.1, 0.15) is 77.0 Å². The van der Waals surface area contributed by atoms with Crippen molar-refractivity contribution in [3.63, 3.8) is 0 Å². The van der Waals surface area contributed by atoms with Gasteiger partial charge in [-0.15, -0.1) is 0 Å². The Bertz CT molecular complexity index is 739. The van der Waals surface area contributed by atoms with Gasteiger partial charge in [-0.05, 0) is 25.0 Å². The number of ether oxygens (including phenoxy) is 1. The van der Waals surface area contributed by atoms with Gasteiger partial charge in [0.05, 0.1) is 37.8 Å². The molecule has 0 radical (unpaired) electrons. The summed E-state index contributed by atoms with van der Waals surface area (Å²) >= 11 is 6.06. The zero-order valence-corrected chi connectivity index (χ0v) is 20.6. The van der Waals surface area contributed by atoms with E-state index < -0.39 is 7.82 Å². The summed E-state index contributed by atoms with van der Waals surface area (Å²) in [7, 11) is -2.43. The summed E-state index contributed by atoms with van der Waals surface area (Å²) in [6.07, 6.45) is 11.2. The van der Waals surface area contributed by atoms with Gasteiger partial charge in [-0.2, -0.15) is 5.26 Å². The van der Waals surface area contributed by atoms with Gasteiger partial charge < -0.3 is 9.26 Å². The maximum absolute atomic E-state index is 12.9. The lowest BCUT2D eigenvalue weighted by Crippen LogP contribution is -2.05. The first-order chi connectivity index (χ1) is 15.5. The highest BCUT2D eigenvalue weighted by Gasteiger charge is 2.29. The first-order valence-corrected chi connectivity index (χ1v) is 13.1. The van der Waals surface area contributed by atoms with Crippen LogP contribution in [-0.4, -0.2) is 26.3 Å². The van der Waals surface area contributed by atoms with E-state index in [4.69, 9.17) is 30.4 Å². The molecule has 0 N–H and O–H groups in total. The van der Waals surface area contributed by atoms with E-state index in [9.17, 15) is 9.36 Å². The minimum atomic E-state index is -3.85. The van der Waals surface area contributed by atoms with Crippen LogP contribution in [0.3, 0.4) is 0 Å². The fourth-order valence-electron chi connectivity index (χ4n) is 3.00. The van der Waals surface area contributed by atoms with E-state index in [-0.39, 0.29) is 31.4 Å². The molecule has 0 saturated heterocycles. The molecule has 0 aliphatic rings. The molecule has 1 unspecified atom stereocenters. The SMILES string of the molecule is COC(=O)CCCCCCCCCCCCOP(=O)(OCCC#N)Oc1ccccc1Cl. The van der Waals surface area contributed by atoms with Gasteiger partial charge in [-0.1, -0.05) is 75.1 Å². The van der Waals surface area contributed by atoms with E-state index in [1.165, 1.54) is 26.4 Å². The zero-order chi connectivity index (χ0) is 23.5. The normalized spacial score (nSPS) is 12.7. The Morgan fingerprint density at radius 1 is 0.938 bits per heavy atom. The molecule has 0 aromatic heterocycles. The number of phosphoric acid groups is 1. The van der Waals surface area contributed by atoms with E-state index >= 15 is 0 Å². The number of nitrogens with zero attached hydrogens (tertiary/aromatic N) is 1. The number of benzene rings is 1. The van der Waals surface area contributed by atoms with Crippen LogP contribution in [0, 0.1) is 11.3 Å². The highest BCUT2D eigenvalue weighted by Crippen LogP contribution is 2.51. The predicted octanol–water partition coefficient (Wildman–Crippen LogP) is 7.24. The number of esters is 1. The first kappa shape index (κ1) is 28.5. The first-order valence-electron chi connectivity index (χ1n) is 11.3. The second kappa shape index (κ2) is 17.9. The third kappa shape index (κ3) is 13.8. The Labute approximate surface area is 196 Å². The van der Waals surface area contributed by atoms with Crippen LogP contribution in [0.15, 0.2) is 24.3 Å². The van der Waals surface area contributed by atoms with Crippen LogP contribution in [0.5, 0.6) is 5.75 Å². The van der Waals surface area contributed by atoms with Gasteiger partial charge >= 0.3 is 13.8 Å². The number of carbonyl (C=O) groups is 1. The van der Waals surface area contributed by atoms with E-state index in [2.05, 4.69) is 4.74 Å². The van der Waals surface area contributed by atoms with Crippen LogP contribution in [-0.2, 0) is 23.1 Å². The van der Waals surface area contributed by atoms with Crippen molar-refractivity contribution >= 4 is 25.4 Å². The molecule has 7 nitrogen and oxygen atoms in total. The maximum atomic E-state index is 12.9. The molecule has 32 heavy (non-hydrogen) atoms. The largest absolute Gasteiger partial charge is 0.530 e. The van der Waals surface area contributed by atoms with Gasteiger partial charge in [0.1, 0.15) is 5.75 Å². The van der Waals surface area contributed by atoms with Gasteiger partial charge in [-0.25, -0.2) is 4.57 Å². The van der Waals surface area contributed by atoms with Crippen LogP contribution >= 0.6 is 19.4 Å². The number of phosphoric ester groups is 1. The van der Waals surface area contributed by atoms with Crippen LogP contribution in [0.2, 0.25) is 5.02 Å².